The summed E-state index contributed by atoms with van der Waals surface area (Å²) >= 11 is 6.14. The monoisotopic (exact) mass is 335 g/mol. The lowest BCUT2D eigenvalue weighted by atomic mass is 10.0. The first-order valence-electron chi connectivity index (χ1n) is 7.92. The third-order valence-corrected chi connectivity index (χ3v) is 4.23. The average molecular weight is 336 g/mol. The summed E-state index contributed by atoms with van der Waals surface area (Å²) in [5.41, 5.74) is 3.92. The third kappa shape index (κ3) is 4.03. The van der Waals surface area contributed by atoms with Crippen molar-refractivity contribution >= 4 is 23.2 Å². The highest BCUT2D eigenvalue weighted by Gasteiger charge is 2.09. The van der Waals surface area contributed by atoms with Gasteiger partial charge in [-0.1, -0.05) is 78.3 Å². The van der Waals surface area contributed by atoms with Crippen LogP contribution in [0.5, 0.6) is 0 Å². The van der Waals surface area contributed by atoms with Crippen molar-refractivity contribution in [2.24, 2.45) is 0 Å². The van der Waals surface area contributed by atoms with E-state index < -0.39 is 0 Å². The molecule has 1 N–H and O–H groups in total. The van der Waals surface area contributed by atoms with Gasteiger partial charge in [-0.15, -0.1) is 0 Å². The summed E-state index contributed by atoms with van der Waals surface area (Å²) in [5, 5.41) is 3.72. The maximum absolute atomic E-state index is 12.3. The highest BCUT2D eigenvalue weighted by molar-refractivity contribution is 6.31. The van der Waals surface area contributed by atoms with Gasteiger partial charge in [0, 0.05) is 22.7 Å². The van der Waals surface area contributed by atoms with Gasteiger partial charge in [-0.2, -0.15) is 0 Å². The van der Waals surface area contributed by atoms with Crippen LogP contribution in [0.25, 0.3) is 11.1 Å². The lowest BCUT2D eigenvalue weighted by Crippen LogP contribution is -2.13. The van der Waals surface area contributed by atoms with Crippen molar-refractivity contribution < 1.29 is 4.79 Å². The van der Waals surface area contributed by atoms with Gasteiger partial charge < -0.3 is 5.32 Å². The number of aryl methyl sites for hydroxylation is 1. The summed E-state index contributed by atoms with van der Waals surface area (Å²) in [7, 11) is 0. The summed E-state index contributed by atoms with van der Waals surface area (Å²) in [4.78, 5) is 12.3. The highest BCUT2D eigenvalue weighted by Crippen LogP contribution is 2.27. The number of para-hydroxylation sites is 1. The van der Waals surface area contributed by atoms with Crippen LogP contribution < -0.4 is 5.32 Å². The van der Waals surface area contributed by atoms with Gasteiger partial charge in [0.15, 0.2) is 0 Å². The summed E-state index contributed by atoms with van der Waals surface area (Å²) in [5.74, 6) is -0.0155. The van der Waals surface area contributed by atoms with Crippen molar-refractivity contribution in [1.29, 1.82) is 0 Å². The topological polar surface area (TPSA) is 29.1 Å². The van der Waals surface area contributed by atoms with E-state index in [1.807, 2.05) is 78.9 Å². The van der Waals surface area contributed by atoms with Crippen molar-refractivity contribution in [1.82, 2.24) is 0 Å². The van der Waals surface area contributed by atoms with Crippen molar-refractivity contribution in [3.05, 3.63) is 89.4 Å². The molecule has 3 rings (SSSR count). The van der Waals surface area contributed by atoms with Crippen LogP contribution in [0, 0.1) is 0 Å². The van der Waals surface area contributed by atoms with E-state index in [-0.39, 0.29) is 5.91 Å². The Bertz CT molecular complexity index is 830. The van der Waals surface area contributed by atoms with Crippen LogP contribution in [-0.2, 0) is 11.2 Å². The molecule has 0 aliphatic carbocycles. The van der Waals surface area contributed by atoms with Gasteiger partial charge in [0.05, 0.1) is 0 Å². The molecule has 3 aromatic carbocycles. The first kappa shape index (κ1) is 16.3. The molecular formula is C21H18ClNO. The molecule has 2 nitrogen and oxygen atoms in total. The molecule has 0 fully saturated rings. The van der Waals surface area contributed by atoms with Crippen molar-refractivity contribution in [2.45, 2.75) is 12.8 Å². The smallest absolute Gasteiger partial charge is 0.224 e. The molecular weight excluding hydrogens is 318 g/mol. The van der Waals surface area contributed by atoms with Crippen LogP contribution in [0.15, 0.2) is 78.9 Å². The number of amides is 1. The molecule has 0 aromatic heterocycles. The van der Waals surface area contributed by atoms with E-state index >= 15 is 0 Å². The van der Waals surface area contributed by atoms with Crippen LogP contribution in [0.1, 0.15) is 12.0 Å². The third-order valence-electron chi connectivity index (χ3n) is 3.87. The van der Waals surface area contributed by atoms with E-state index in [0.29, 0.717) is 17.9 Å². The summed E-state index contributed by atoms with van der Waals surface area (Å²) in [6, 6.07) is 25.5. The number of anilines is 1. The predicted octanol–water partition coefficient (Wildman–Crippen LogP) is 5.58. The zero-order valence-corrected chi connectivity index (χ0v) is 14.0. The van der Waals surface area contributed by atoms with Crippen LogP contribution >= 0.6 is 11.6 Å². The quantitative estimate of drug-likeness (QED) is 0.648. The second-order valence-corrected chi connectivity index (χ2v) is 5.96. The van der Waals surface area contributed by atoms with E-state index in [2.05, 4.69) is 5.32 Å². The van der Waals surface area contributed by atoms with Crippen LogP contribution in [-0.4, -0.2) is 5.91 Å². The Morgan fingerprint density at radius 2 is 1.50 bits per heavy atom. The highest BCUT2D eigenvalue weighted by atomic mass is 35.5. The lowest BCUT2D eigenvalue weighted by molar-refractivity contribution is -0.116. The molecule has 0 saturated carbocycles. The maximum Gasteiger partial charge on any atom is 0.224 e. The first-order chi connectivity index (χ1) is 11.7. The van der Waals surface area contributed by atoms with Gasteiger partial charge in [-0.05, 0) is 29.7 Å². The standard InChI is InChI=1S/C21H18ClNO/c22-19-12-6-4-10-17(19)14-15-21(24)23-20-13-7-5-11-18(20)16-8-2-1-3-9-16/h1-13H,14-15H2,(H,23,24). The molecule has 0 spiro atoms. The Morgan fingerprint density at radius 1 is 0.833 bits per heavy atom. The van der Waals surface area contributed by atoms with Crippen LogP contribution in [0.3, 0.4) is 0 Å². The average Bonchev–Trinajstić information content (AvgIpc) is 2.62. The fourth-order valence-corrected chi connectivity index (χ4v) is 2.85. The number of hydrogen-bond acceptors (Lipinski definition) is 1. The number of rotatable bonds is 5. The summed E-state index contributed by atoms with van der Waals surface area (Å²) in [6.07, 6.45) is 1.02. The molecule has 0 saturated heterocycles. The molecule has 120 valence electrons. The number of hydrogen-bond donors (Lipinski definition) is 1. The Morgan fingerprint density at radius 3 is 2.29 bits per heavy atom. The summed E-state index contributed by atoms with van der Waals surface area (Å²) in [6.45, 7) is 0. The number of nitrogens with one attached hydrogen (secondary N) is 1. The number of halogens is 1. The van der Waals surface area contributed by atoms with Gasteiger partial charge in [0.1, 0.15) is 0 Å². The fraction of sp³-hybridized carbons (Fsp3) is 0.0952. The molecule has 0 heterocycles. The molecule has 0 atom stereocenters. The van der Waals surface area contributed by atoms with Crippen LogP contribution in [0.2, 0.25) is 5.02 Å². The van der Waals surface area contributed by atoms with Gasteiger partial charge >= 0.3 is 0 Å². The van der Waals surface area contributed by atoms with E-state index in [9.17, 15) is 4.79 Å². The molecule has 3 aromatic rings. The van der Waals surface area contributed by atoms with Gasteiger partial charge in [0.2, 0.25) is 5.91 Å². The number of benzene rings is 3. The fourth-order valence-electron chi connectivity index (χ4n) is 2.62. The molecule has 0 unspecified atom stereocenters. The minimum absolute atomic E-state index is 0.0155. The zero-order valence-electron chi connectivity index (χ0n) is 13.2. The molecule has 0 aliphatic rings. The van der Waals surface area contributed by atoms with Crippen LogP contribution in [0.4, 0.5) is 5.69 Å². The van der Waals surface area contributed by atoms with E-state index in [4.69, 9.17) is 11.6 Å². The lowest BCUT2D eigenvalue weighted by Gasteiger charge is -2.11. The largest absolute Gasteiger partial charge is 0.326 e. The second-order valence-electron chi connectivity index (χ2n) is 5.55. The van der Waals surface area contributed by atoms with E-state index in [0.717, 1.165) is 22.4 Å². The van der Waals surface area contributed by atoms with E-state index in [1.54, 1.807) is 0 Å². The molecule has 1 amide bonds. The van der Waals surface area contributed by atoms with Crippen molar-refractivity contribution in [3.63, 3.8) is 0 Å². The SMILES string of the molecule is O=C(CCc1ccccc1Cl)Nc1ccccc1-c1ccccc1. The number of carbonyl (C=O) groups is 1. The Balaban J connectivity index is 1.70. The molecule has 0 radical (unpaired) electrons. The minimum Gasteiger partial charge on any atom is -0.326 e. The molecule has 3 heteroatoms. The van der Waals surface area contributed by atoms with Crippen molar-refractivity contribution in [2.75, 3.05) is 5.32 Å². The number of carbonyl (C=O) groups excluding carboxylic acids is 1. The Hall–Kier alpha value is -2.58. The van der Waals surface area contributed by atoms with E-state index in [1.165, 1.54) is 0 Å². The zero-order chi connectivity index (χ0) is 16.8. The second kappa shape index (κ2) is 7.80. The molecule has 24 heavy (non-hydrogen) atoms. The summed E-state index contributed by atoms with van der Waals surface area (Å²) < 4.78 is 0. The Kier molecular flexibility index (Phi) is 5.29. The van der Waals surface area contributed by atoms with Gasteiger partial charge in [0.25, 0.3) is 0 Å². The maximum atomic E-state index is 12.3. The normalized spacial score (nSPS) is 10.4. The first-order valence-corrected chi connectivity index (χ1v) is 8.29. The minimum atomic E-state index is -0.0155. The van der Waals surface area contributed by atoms with Gasteiger partial charge in [-0.3, -0.25) is 4.79 Å². The molecule has 0 aliphatic heterocycles. The Labute approximate surface area is 147 Å². The molecule has 0 bridgehead atoms. The predicted molar refractivity (Wildman–Crippen MR) is 100 cm³/mol. The van der Waals surface area contributed by atoms with Crippen molar-refractivity contribution in [3.8, 4) is 11.1 Å². The van der Waals surface area contributed by atoms with Gasteiger partial charge in [-0.25, -0.2) is 0 Å².